The molecule has 113 valence electrons. The molecular weight excluding hydrogens is 309 g/mol. The Labute approximate surface area is 137 Å². The average molecular weight is 324 g/mol. The van der Waals surface area contributed by atoms with E-state index in [1.165, 1.54) is 0 Å². The van der Waals surface area contributed by atoms with Gasteiger partial charge in [0.05, 0.1) is 6.61 Å². The van der Waals surface area contributed by atoms with Crippen molar-refractivity contribution < 1.29 is 42.0 Å². The number of hydrogen-bond donors (Lipinski definition) is 5. The number of carbonyl (C=O) groups excluding carboxylic acids is 1. The van der Waals surface area contributed by atoms with E-state index in [0.29, 0.717) is 0 Å². The summed E-state index contributed by atoms with van der Waals surface area (Å²) in [6.07, 6.45) is -6.28. The van der Waals surface area contributed by atoms with E-state index in [1.54, 1.807) is 0 Å². The fourth-order valence-corrected chi connectivity index (χ4v) is 1.93. The summed E-state index contributed by atoms with van der Waals surface area (Å²) in [5, 5.41) is 31.0. The van der Waals surface area contributed by atoms with Crippen molar-refractivity contribution in [2.24, 2.45) is 0 Å². The maximum Gasteiger partial charge on any atom is 0.397 e. The van der Waals surface area contributed by atoms with Gasteiger partial charge < -0.3 is 25.4 Å². The summed E-state index contributed by atoms with van der Waals surface area (Å²) >= 11 is 0. The van der Waals surface area contributed by atoms with Gasteiger partial charge in [0.1, 0.15) is 24.4 Å². The number of aliphatic hydroxyl groups is 3. The summed E-state index contributed by atoms with van der Waals surface area (Å²) in [5.41, 5.74) is 0. The molecule has 1 heterocycles. The van der Waals surface area contributed by atoms with Crippen LogP contribution < -0.4 is 5.32 Å². The monoisotopic (exact) mass is 324 g/mol. The molecule has 1 unspecified atom stereocenters. The topological polar surface area (TPSA) is 163 Å². The van der Waals surface area contributed by atoms with Gasteiger partial charge in [0.2, 0.25) is 5.91 Å². The van der Waals surface area contributed by atoms with Gasteiger partial charge in [0, 0.05) is 36.5 Å². The molecule has 5 atom stereocenters. The van der Waals surface area contributed by atoms with E-state index in [1.807, 2.05) is 0 Å². The standard InChI is InChI=1S/C8H15NO9S.Na/c1-3(10)9-5-7(12)6(11)4(18-8(5)13)2-17-19(14,15)16;/h4-8,11-13H,2H2,1H3,(H,9,10)(H,14,15,16);/t4-,5-,6-,7-,8?;/m1./s1. The minimum atomic E-state index is -4.74. The van der Waals surface area contributed by atoms with Gasteiger partial charge in [-0.3, -0.25) is 9.35 Å². The summed E-state index contributed by atoms with van der Waals surface area (Å²) in [5.74, 6) is -0.563. The normalized spacial score (nSPS) is 34.1. The van der Waals surface area contributed by atoms with E-state index in [0.717, 1.165) is 6.92 Å². The first-order valence-corrected chi connectivity index (χ1v) is 6.57. The van der Waals surface area contributed by atoms with E-state index in [2.05, 4.69) is 9.50 Å². The van der Waals surface area contributed by atoms with Gasteiger partial charge in [-0.25, -0.2) is 4.18 Å². The summed E-state index contributed by atoms with van der Waals surface area (Å²) < 4.78 is 37.9. The minimum absolute atomic E-state index is 0. The Morgan fingerprint density at radius 2 is 1.85 bits per heavy atom. The fourth-order valence-electron chi connectivity index (χ4n) is 1.63. The van der Waals surface area contributed by atoms with Gasteiger partial charge in [-0.05, 0) is 0 Å². The first-order valence-electron chi connectivity index (χ1n) is 5.20. The number of carbonyl (C=O) groups is 1. The molecule has 12 heteroatoms. The molecule has 1 aliphatic rings. The van der Waals surface area contributed by atoms with E-state index in [9.17, 15) is 28.5 Å². The van der Waals surface area contributed by atoms with Crippen molar-refractivity contribution in [3.63, 3.8) is 0 Å². The Morgan fingerprint density at radius 1 is 1.30 bits per heavy atom. The summed E-state index contributed by atoms with van der Waals surface area (Å²) in [6, 6.07) is -1.27. The van der Waals surface area contributed by atoms with Crippen molar-refractivity contribution in [3.05, 3.63) is 0 Å². The third kappa shape index (κ3) is 5.89. The van der Waals surface area contributed by atoms with E-state index < -0.39 is 53.6 Å². The Bertz CT molecular complexity index is 430. The molecule has 5 N–H and O–H groups in total. The maximum absolute atomic E-state index is 10.8. The molecule has 0 spiro atoms. The summed E-state index contributed by atoms with van der Waals surface area (Å²) in [4.78, 5) is 10.8. The van der Waals surface area contributed by atoms with Crippen molar-refractivity contribution in [1.82, 2.24) is 5.32 Å². The van der Waals surface area contributed by atoms with Crippen LogP contribution in [0.1, 0.15) is 6.92 Å². The predicted molar refractivity (Wildman–Crippen MR) is 63.8 cm³/mol. The molecule has 20 heavy (non-hydrogen) atoms. The molecule has 1 amide bonds. The van der Waals surface area contributed by atoms with Crippen molar-refractivity contribution in [2.45, 2.75) is 37.6 Å². The third-order valence-electron chi connectivity index (χ3n) is 2.47. The van der Waals surface area contributed by atoms with Crippen LogP contribution in [-0.4, -0.2) is 101 Å². The quantitative estimate of drug-likeness (QED) is 0.259. The zero-order valence-corrected chi connectivity index (χ0v) is 13.6. The number of amides is 1. The summed E-state index contributed by atoms with van der Waals surface area (Å²) in [6.45, 7) is 0.334. The SMILES string of the molecule is CC(=O)N[C@H]1C(O)O[C@H](COS(=O)(=O)O)[C@@H](O)[C@@H]1O.[Na]. The largest absolute Gasteiger partial charge is 0.397 e. The molecule has 0 bridgehead atoms. The van der Waals surface area contributed by atoms with Gasteiger partial charge in [0.25, 0.3) is 0 Å². The second kappa shape index (κ2) is 7.98. The molecule has 0 aromatic rings. The molecule has 1 radical (unpaired) electrons. The molecular formula is C8H15NNaO9S. The zero-order chi connectivity index (χ0) is 14.8. The maximum atomic E-state index is 10.8. The van der Waals surface area contributed by atoms with Crippen LogP contribution in [0.2, 0.25) is 0 Å². The van der Waals surface area contributed by atoms with Crippen LogP contribution in [0.25, 0.3) is 0 Å². The second-order valence-corrected chi connectivity index (χ2v) is 5.08. The van der Waals surface area contributed by atoms with Gasteiger partial charge in [-0.1, -0.05) is 0 Å². The molecule has 1 fully saturated rings. The molecule has 0 saturated carbocycles. The molecule has 0 aromatic heterocycles. The molecule has 0 aromatic carbocycles. The van der Waals surface area contributed by atoms with Crippen LogP contribution in [0.3, 0.4) is 0 Å². The average Bonchev–Trinajstić information content (AvgIpc) is 2.26. The van der Waals surface area contributed by atoms with Crippen LogP contribution in [0.15, 0.2) is 0 Å². The molecule has 1 rings (SSSR count). The van der Waals surface area contributed by atoms with E-state index >= 15 is 0 Å². The Kier molecular flexibility index (Phi) is 8.05. The molecule has 1 aliphatic heterocycles. The Balaban J connectivity index is 0.00000361. The van der Waals surface area contributed by atoms with Crippen LogP contribution >= 0.6 is 0 Å². The number of rotatable bonds is 4. The number of ether oxygens (including phenoxy) is 1. The third-order valence-corrected chi connectivity index (χ3v) is 2.91. The number of nitrogens with one attached hydrogen (secondary N) is 1. The Morgan fingerprint density at radius 3 is 2.30 bits per heavy atom. The van der Waals surface area contributed by atoms with Gasteiger partial charge in [-0.2, -0.15) is 8.42 Å². The fraction of sp³-hybridized carbons (Fsp3) is 0.875. The van der Waals surface area contributed by atoms with Gasteiger partial charge in [-0.15, -0.1) is 0 Å². The zero-order valence-electron chi connectivity index (χ0n) is 10.8. The number of aliphatic hydroxyl groups excluding tert-OH is 3. The van der Waals surface area contributed by atoms with Crippen molar-refractivity contribution >= 4 is 45.9 Å². The predicted octanol–water partition coefficient (Wildman–Crippen LogP) is -3.63. The van der Waals surface area contributed by atoms with Crippen LogP contribution in [0, 0.1) is 0 Å². The van der Waals surface area contributed by atoms with Crippen molar-refractivity contribution in [2.75, 3.05) is 6.61 Å². The van der Waals surface area contributed by atoms with Gasteiger partial charge >= 0.3 is 10.4 Å². The van der Waals surface area contributed by atoms with Crippen LogP contribution in [0.5, 0.6) is 0 Å². The number of hydrogen-bond acceptors (Lipinski definition) is 8. The molecule has 0 aliphatic carbocycles. The molecule has 1 saturated heterocycles. The van der Waals surface area contributed by atoms with Crippen molar-refractivity contribution in [1.29, 1.82) is 0 Å². The van der Waals surface area contributed by atoms with Gasteiger partial charge in [0.15, 0.2) is 6.29 Å². The second-order valence-electron chi connectivity index (χ2n) is 3.98. The summed E-state index contributed by atoms with van der Waals surface area (Å²) in [7, 11) is -4.74. The first kappa shape index (κ1) is 20.2. The first-order chi connectivity index (χ1) is 8.61. The van der Waals surface area contributed by atoms with Crippen LogP contribution in [0.4, 0.5) is 0 Å². The molecule has 10 nitrogen and oxygen atoms in total. The Hall–Kier alpha value is 0.180. The minimum Gasteiger partial charge on any atom is -0.388 e. The van der Waals surface area contributed by atoms with Crippen LogP contribution in [-0.2, 0) is 24.1 Å². The van der Waals surface area contributed by atoms with E-state index in [-0.39, 0.29) is 29.6 Å². The van der Waals surface area contributed by atoms with E-state index in [4.69, 9.17) is 9.29 Å². The smallest absolute Gasteiger partial charge is 0.388 e. The van der Waals surface area contributed by atoms with Crippen molar-refractivity contribution in [3.8, 4) is 0 Å².